The Morgan fingerprint density at radius 1 is 1.62 bits per heavy atom. The van der Waals surface area contributed by atoms with E-state index in [1.165, 1.54) is 0 Å². The van der Waals surface area contributed by atoms with E-state index in [4.69, 9.17) is 4.74 Å². The number of carbonyl (C=O) groups is 1. The Bertz CT molecular complexity index is 397. The van der Waals surface area contributed by atoms with Crippen LogP contribution in [-0.2, 0) is 9.53 Å². The van der Waals surface area contributed by atoms with E-state index >= 15 is 0 Å². The number of ether oxygens (including phenoxy) is 1. The third-order valence-electron chi connectivity index (χ3n) is 3.66. The van der Waals surface area contributed by atoms with E-state index in [0.29, 0.717) is 12.0 Å². The van der Waals surface area contributed by atoms with E-state index in [-0.39, 0.29) is 11.6 Å². The van der Waals surface area contributed by atoms with Crippen molar-refractivity contribution < 1.29 is 9.53 Å². The number of nitrogens with zero attached hydrogens (tertiary/aromatic N) is 1. The summed E-state index contributed by atoms with van der Waals surface area (Å²) < 4.78 is 5.53. The predicted octanol–water partition coefficient (Wildman–Crippen LogP) is 1.51. The first-order chi connectivity index (χ1) is 7.59. The number of hydrogen-bond acceptors (Lipinski definition) is 3. The third-order valence-corrected chi connectivity index (χ3v) is 3.66. The maximum absolute atomic E-state index is 11.4. The van der Waals surface area contributed by atoms with Crippen molar-refractivity contribution in [3.8, 4) is 0 Å². The van der Waals surface area contributed by atoms with Gasteiger partial charge in [-0.1, -0.05) is 26.0 Å². The van der Waals surface area contributed by atoms with E-state index in [1.54, 1.807) is 6.08 Å². The summed E-state index contributed by atoms with van der Waals surface area (Å²) in [6, 6.07) is 0.449. The lowest BCUT2D eigenvalue weighted by Gasteiger charge is -2.25. The predicted molar refractivity (Wildman–Crippen MR) is 60.9 cm³/mol. The maximum Gasteiger partial charge on any atom is 0.332 e. The molecule has 0 aromatic rings. The van der Waals surface area contributed by atoms with Gasteiger partial charge in [0.2, 0.25) is 0 Å². The molecule has 3 rings (SSSR count). The molecule has 0 N–H and O–H groups in total. The van der Waals surface area contributed by atoms with Crippen molar-refractivity contribution in [2.24, 2.45) is 5.92 Å². The Morgan fingerprint density at radius 3 is 3.19 bits per heavy atom. The second-order valence-electron chi connectivity index (χ2n) is 5.47. The van der Waals surface area contributed by atoms with Crippen LogP contribution in [0.5, 0.6) is 0 Å². The molecular weight excluding hydrogens is 202 g/mol. The Labute approximate surface area is 95.8 Å². The first-order valence-electron chi connectivity index (χ1n) is 5.96. The van der Waals surface area contributed by atoms with Gasteiger partial charge in [-0.05, 0) is 5.92 Å². The molecule has 0 aromatic heterocycles. The van der Waals surface area contributed by atoms with Crippen LogP contribution in [0.2, 0.25) is 0 Å². The number of rotatable bonds is 2. The Hall–Kier alpha value is -1.09. The van der Waals surface area contributed by atoms with Gasteiger partial charge in [0, 0.05) is 37.2 Å². The summed E-state index contributed by atoms with van der Waals surface area (Å²) in [6.45, 7) is 6.38. The highest BCUT2D eigenvalue weighted by Gasteiger charge is 2.52. The zero-order valence-electron chi connectivity index (χ0n) is 9.77. The van der Waals surface area contributed by atoms with Gasteiger partial charge in [-0.3, -0.25) is 4.90 Å². The summed E-state index contributed by atoms with van der Waals surface area (Å²) >= 11 is 0. The van der Waals surface area contributed by atoms with Gasteiger partial charge in [0.05, 0.1) is 0 Å². The molecule has 1 spiro atoms. The highest BCUT2D eigenvalue weighted by atomic mass is 16.6. The van der Waals surface area contributed by atoms with E-state index in [2.05, 4.69) is 30.9 Å². The lowest BCUT2D eigenvalue weighted by molar-refractivity contribution is -0.145. The Balaban J connectivity index is 1.88. The average Bonchev–Trinajstić information content (AvgIpc) is 2.63. The molecule has 1 fully saturated rings. The fourth-order valence-corrected chi connectivity index (χ4v) is 3.07. The number of hydrogen-bond donors (Lipinski definition) is 0. The Kier molecular flexibility index (Phi) is 2.02. The number of esters is 1. The van der Waals surface area contributed by atoms with E-state index in [1.807, 2.05) is 0 Å². The van der Waals surface area contributed by atoms with Crippen molar-refractivity contribution in [3.63, 3.8) is 0 Å². The normalized spacial score (nSPS) is 36.6. The van der Waals surface area contributed by atoms with Crippen molar-refractivity contribution in [1.82, 2.24) is 4.90 Å². The van der Waals surface area contributed by atoms with Crippen LogP contribution in [0.1, 0.15) is 20.3 Å². The second-order valence-corrected chi connectivity index (χ2v) is 5.47. The molecule has 1 aliphatic carbocycles. The molecule has 2 bridgehead atoms. The van der Waals surface area contributed by atoms with Crippen LogP contribution in [0.4, 0.5) is 0 Å². The van der Waals surface area contributed by atoms with Gasteiger partial charge in [-0.25, -0.2) is 4.79 Å². The molecule has 2 aliphatic heterocycles. The second kappa shape index (κ2) is 3.20. The van der Waals surface area contributed by atoms with Crippen LogP contribution in [0.25, 0.3) is 0 Å². The summed E-state index contributed by atoms with van der Waals surface area (Å²) in [4.78, 5) is 13.8. The van der Waals surface area contributed by atoms with Gasteiger partial charge in [0.15, 0.2) is 5.60 Å². The minimum Gasteiger partial charge on any atom is -0.450 e. The summed E-state index contributed by atoms with van der Waals surface area (Å²) in [7, 11) is 0. The fraction of sp³-hybridized carbons (Fsp3) is 0.615. The van der Waals surface area contributed by atoms with Gasteiger partial charge in [0.25, 0.3) is 0 Å². The van der Waals surface area contributed by atoms with Crippen molar-refractivity contribution >= 4 is 5.97 Å². The largest absolute Gasteiger partial charge is 0.450 e. The summed E-state index contributed by atoms with van der Waals surface area (Å²) in [5, 5.41) is 0. The van der Waals surface area contributed by atoms with Crippen LogP contribution in [0.3, 0.4) is 0 Å². The van der Waals surface area contributed by atoms with Crippen molar-refractivity contribution in [2.45, 2.75) is 31.9 Å². The molecule has 3 heteroatoms. The van der Waals surface area contributed by atoms with Crippen LogP contribution in [0.15, 0.2) is 23.8 Å². The van der Waals surface area contributed by atoms with Crippen LogP contribution in [0, 0.1) is 5.92 Å². The highest BCUT2D eigenvalue weighted by molar-refractivity contribution is 5.88. The molecule has 2 atom stereocenters. The summed E-state index contributed by atoms with van der Waals surface area (Å²) in [5.41, 5.74) is 0.755. The number of carbonyl (C=O) groups excluding carboxylic acids is 1. The lowest BCUT2D eigenvalue weighted by Crippen LogP contribution is -2.36. The van der Waals surface area contributed by atoms with E-state index < -0.39 is 0 Å². The lowest BCUT2D eigenvalue weighted by atomic mass is 9.87. The minimum atomic E-state index is -0.314. The SMILES string of the molecule is CC(C)CN1C[C@]23C[C@H]1C=CC2=CC(=O)O3. The third kappa shape index (κ3) is 1.34. The van der Waals surface area contributed by atoms with Gasteiger partial charge in [-0.15, -0.1) is 0 Å². The number of fused-ring (bicyclic) bond motifs is 1. The smallest absolute Gasteiger partial charge is 0.332 e. The van der Waals surface area contributed by atoms with Crippen LogP contribution < -0.4 is 0 Å². The van der Waals surface area contributed by atoms with Crippen molar-refractivity contribution in [3.05, 3.63) is 23.8 Å². The van der Waals surface area contributed by atoms with Crippen molar-refractivity contribution in [1.29, 1.82) is 0 Å². The first kappa shape index (κ1) is 10.1. The number of likely N-dealkylation sites (tertiary alicyclic amines) is 1. The fourth-order valence-electron chi connectivity index (χ4n) is 3.07. The van der Waals surface area contributed by atoms with Gasteiger partial charge < -0.3 is 4.74 Å². The molecule has 3 nitrogen and oxygen atoms in total. The van der Waals surface area contributed by atoms with Gasteiger partial charge in [0.1, 0.15) is 0 Å². The standard InChI is InChI=1S/C13H17NO2/c1-9(2)7-14-8-13-6-11(14)4-3-10(13)5-12(15)16-13/h3-5,9,11H,6-8H2,1-2H3/t11-,13-/m1/s1. The maximum atomic E-state index is 11.4. The molecule has 0 radical (unpaired) electrons. The minimum absolute atomic E-state index is 0.174. The van der Waals surface area contributed by atoms with Gasteiger partial charge >= 0.3 is 5.97 Å². The molecule has 0 amide bonds. The molecule has 3 aliphatic rings. The quantitative estimate of drug-likeness (QED) is 0.659. The van der Waals surface area contributed by atoms with Crippen molar-refractivity contribution in [2.75, 3.05) is 13.1 Å². The molecule has 86 valence electrons. The molecular formula is C13H17NO2. The average molecular weight is 219 g/mol. The van der Waals surface area contributed by atoms with Crippen LogP contribution in [-0.4, -0.2) is 35.6 Å². The summed E-state index contributed by atoms with van der Waals surface area (Å²) in [5.74, 6) is 0.473. The zero-order chi connectivity index (χ0) is 11.3. The van der Waals surface area contributed by atoms with E-state index in [9.17, 15) is 4.79 Å². The molecule has 16 heavy (non-hydrogen) atoms. The van der Waals surface area contributed by atoms with Crippen LogP contribution >= 0.6 is 0 Å². The highest BCUT2D eigenvalue weighted by Crippen LogP contribution is 2.44. The van der Waals surface area contributed by atoms with Gasteiger partial charge in [-0.2, -0.15) is 0 Å². The zero-order valence-corrected chi connectivity index (χ0v) is 9.77. The molecule has 2 heterocycles. The van der Waals surface area contributed by atoms with E-state index in [0.717, 1.165) is 25.1 Å². The first-order valence-corrected chi connectivity index (χ1v) is 5.96. The molecule has 0 unspecified atom stereocenters. The monoisotopic (exact) mass is 219 g/mol. The molecule has 0 aromatic carbocycles. The molecule has 1 saturated heterocycles. The molecule has 0 saturated carbocycles. The topological polar surface area (TPSA) is 29.5 Å². The summed E-state index contributed by atoms with van der Waals surface area (Å²) in [6.07, 6.45) is 6.86. The Morgan fingerprint density at radius 2 is 2.44 bits per heavy atom.